The van der Waals surface area contributed by atoms with Crippen molar-refractivity contribution < 1.29 is 37.2 Å². The van der Waals surface area contributed by atoms with Crippen molar-refractivity contribution in [2.75, 3.05) is 11.5 Å². The van der Waals surface area contributed by atoms with Crippen molar-refractivity contribution in [1.82, 2.24) is 10.2 Å². The number of carbonyl (C=O) groups is 3. The molecule has 0 radical (unpaired) electrons. The van der Waals surface area contributed by atoms with E-state index in [-0.39, 0.29) is 5.70 Å². The SMILES string of the molecule is CC1=C(C(=O)O)N2C(=O)C(NC(=O)C[S+]([O-])C(F)(F)F)[C@@H]2SC1. The lowest BCUT2D eigenvalue weighted by atomic mass is 10.0. The first-order chi connectivity index (χ1) is 10.5. The zero-order valence-electron chi connectivity index (χ0n) is 11.5. The Bertz CT molecular complexity index is 595. The Morgan fingerprint density at radius 1 is 1.52 bits per heavy atom. The van der Waals surface area contributed by atoms with Gasteiger partial charge in [0.15, 0.2) is 5.75 Å². The Kier molecular flexibility index (Phi) is 4.87. The molecular formula is C11H11F3N2O5S2. The summed E-state index contributed by atoms with van der Waals surface area (Å²) >= 11 is -2.16. The minimum Gasteiger partial charge on any atom is -0.609 e. The number of carboxylic acids is 1. The molecule has 2 amide bonds. The normalized spacial score (nSPS) is 25.6. The van der Waals surface area contributed by atoms with Crippen LogP contribution in [-0.4, -0.2) is 60.8 Å². The number of thioether (sulfide) groups is 1. The zero-order chi connectivity index (χ0) is 17.5. The maximum absolute atomic E-state index is 12.1. The average Bonchev–Trinajstić information content (AvgIpc) is 2.43. The van der Waals surface area contributed by atoms with Crippen molar-refractivity contribution in [3.63, 3.8) is 0 Å². The van der Waals surface area contributed by atoms with Crippen LogP contribution in [0.1, 0.15) is 6.92 Å². The van der Waals surface area contributed by atoms with Gasteiger partial charge in [0.1, 0.15) is 17.1 Å². The van der Waals surface area contributed by atoms with E-state index in [1.165, 1.54) is 11.8 Å². The Hall–Kier alpha value is -1.40. The van der Waals surface area contributed by atoms with E-state index in [0.29, 0.717) is 11.3 Å². The fourth-order valence-electron chi connectivity index (χ4n) is 2.19. The summed E-state index contributed by atoms with van der Waals surface area (Å²) in [6, 6.07) is -1.12. The number of carboxylic acid groups (broad SMARTS) is 1. The molecule has 2 N–H and O–H groups in total. The van der Waals surface area contributed by atoms with E-state index in [0.717, 1.165) is 4.90 Å². The van der Waals surface area contributed by atoms with Crippen LogP contribution >= 0.6 is 11.8 Å². The van der Waals surface area contributed by atoms with Gasteiger partial charge in [-0.05, 0) is 12.5 Å². The van der Waals surface area contributed by atoms with E-state index in [9.17, 15) is 32.1 Å². The molecule has 1 fully saturated rings. The monoisotopic (exact) mass is 372 g/mol. The van der Waals surface area contributed by atoms with Crippen molar-refractivity contribution in [1.29, 1.82) is 0 Å². The zero-order valence-corrected chi connectivity index (χ0v) is 13.2. The maximum atomic E-state index is 12.1. The van der Waals surface area contributed by atoms with E-state index < -0.39 is 51.6 Å². The molecule has 0 aromatic heterocycles. The van der Waals surface area contributed by atoms with Gasteiger partial charge in [-0.25, -0.2) is 4.79 Å². The molecule has 1 saturated heterocycles. The molecule has 0 aliphatic carbocycles. The van der Waals surface area contributed by atoms with Gasteiger partial charge in [-0.15, -0.1) is 24.9 Å². The molecule has 2 unspecified atom stereocenters. The Balaban J connectivity index is 2.02. The lowest BCUT2D eigenvalue weighted by molar-refractivity contribution is -0.150. The predicted molar refractivity (Wildman–Crippen MR) is 74.4 cm³/mol. The van der Waals surface area contributed by atoms with Crippen LogP contribution in [0.25, 0.3) is 0 Å². The minimum absolute atomic E-state index is 0.178. The number of nitrogens with one attached hydrogen (secondary N) is 1. The van der Waals surface area contributed by atoms with Crippen LogP contribution < -0.4 is 5.32 Å². The number of carbonyl (C=O) groups excluding carboxylic acids is 2. The number of hydrogen-bond acceptors (Lipinski definition) is 5. The molecule has 0 spiro atoms. The second-order valence-corrected chi connectivity index (χ2v) is 7.37. The van der Waals surface area contributed by atoms with Crippen LogP contribution in [0.5, 0.6) is 0 Å². The highest BCUT2D eigenvalue weighted by Gasteiger charge is 2.54. The van der Waals surface area contributed by atoms with Gasteiger partial charge in [-0.3, -0.25) is 14.5 Å². The number of rotatable bonds is 4. The number of aliphatic carboxylic acids is 1. The third-order valence-electron chi connectivity index (χ3n) is 3.20. The van der Waals surface area contributed by atoms with Gasteiger partial charge >= 0.3 is 11.5 Å². The van der Waals surface area contributed by atoms with E-state index in [1.807, 2.05) is 0 Å². The summed E-state index contributed by atoms with van der Waals surface area (Å²) in [6.07, 6.45) is 0. The first-order valence-corrected chi connectivity index (χ1v) is 8.53. The standard InChI is InChI=1S/C11H11F3N2O5S2/c1-4-2-22-9-6(8(18)16(9)7(4)10(19)20)15-5(17)3-23(21)11(12,13)14/h6,9H,2-3H2,1H3,(H,15,17)(H,19,20)/t6?,9-,23?/m0/s1. The van der Waals surface area contributed by atoms with E-state index >= 15 is 0 Å². The lowest BCUT2D eigenvalue weighted by Gasteiger charge is -2.49. The van der Waals surface area contributed by atoms with Crippen molar-refractivity contribution in [2.45, 2.75) is 23.8 Å². The molecule has 23 heavy (non-hydrogen) atoms. The van der Waals surface area contributed by atoms with Crippen LogP contribution in [0.2, 0.25) is 0 Å². The smallest absolute Gasteiger partial charge is 0.573 e. The van der Waals surface area contributed by atoms with Gasteiger partial charge < -0.3 is 15.0 Å². The second-order valence-electron chi connectivity index (χ2n) is 4.82. The van der Waals surface area contributed by atoms with Gasteiger partial charge in [-0.2, -0.15) is 0 Å². The molecule has 2 aliphatic heterocycles. The quantitative estimate of drug-likeness (QED) is 0.532. The minimum atomic E-state index is -5.01. The Morgan fingerprint density at radius 2 is 2.13 bits per heavy atom. The van der Waals surface area contributed by atoms with E-state index in [2.05, 4.69) is 5.32 Å². The van der Waals surface area contributed by atoms with Crippen molar-refractivity contribution in [2.24, 2.45) is 0 Å². The number of alkyl halides is 3. The summed E-state index contributed by atoms with van der Waals surface area (Å²) in [5.41, 5.74) is -4.71. The highest BCUT2D eigenvalue weighted by Crippen LogP contribution is 2.40. The summed E-state index contributed by atoms with van der Waals surface area (Å²) < 4.78 is 47.3. The highest BCUT2D eigenvalue weighted by atomic mass is 32.2. The number of hydrogen-bond donors (Lipinski definition) is 2. The van der Waals surface area contributed by atoms with Crippen molar-refractivity contribution in [3.05, 3.63) is 11.3 Å². The molecule has 7 nitrogen and oxygen atoms in total. The number of nitrogens with zero attached hydrogens (tertiary/aromatic N) is 1. The van der Waals surface area contributed by atoms with Crippen molar-refractivity contribution >= 4 is 40.7 Å². The van der Waals surface area contributed by atoms with Crippen LogP contribution in [0.15, 0.2) is 11.3 Å². The fourth-order valence-corrected chi connectivity index (χ4v) is 3.97. The van der Waals surface area contributed by atoms with E-state index in [4.69, 9.17) is 5.11 Å². The molecule has 0 aromatic carbocycles. The van der Waals surface area contributed by atoms with Crippen LogP contribution in [-0.2, 0) is 25.6 Å². The van der Waals surface area contributed by atoms with Gasteiger partial charge in [0.05, 0.1) is 11.2 Å². The molecule has 0 bridgehead atoms. The third kappa shape index (κ3) is 3.43. The fraction of sp³-hybridized carbons (Fsp3) is 0.545. The maximum Gasteiger partial charge on any atom is 0.573 e. The molecule has 2 aliphatic rings. The van der Waals surface area contributed by atoms with Gasteiger partial charge in [0.2, 0.25) is 0 Å². The first-order valence-electron chi connectivity index (χ1n) is 6.16. The van der Waals surface area contributed by atoms with Gasteiger partial charge in [-0.1, -0.05) is 0 Å². The summed E-state index contributed by atoms with van der Waals surface area (Å²) in [4.78, 5) is 35.6. The van der Waals surface area contributed by atoms with Crippen LogP contribution in [0, 0.1) is 0 Å². The topological polar surface area (TPSA) is 110 Å². The van der Waals surface area contributed by atoms with Gasteiger partial charge in [0.25, 0.3) is 11.8 Å². The molecule has 2 heterocycles. The highest BCUT2D eigenvalue weighted by molar-refractivity contribution is 8.00. The van der Waals surface area contributed by atoms with Crippen LogP contribution in [0.4, 0.5) is 13.2 Å². The number of β-lactam (4-membered cyclic amide) rings is 1. The molecule has 12 heteroatoms. The number of fused-ring (bicyclic) bond motifs is 1. The van der Waals surface area contributed by atoms with Crippen molar-refractivity contribution in [3.8, 4) is 0 Å². The molecule has 0 aromatic rings. The third-order valence-corrected chi connectivity index (χ3v) is 5.66. The van der Waals surface area contributed by atoms with Gasteiger partial charge in [0, 0.05) is 5.75 Å². The Labute approximate surface area is 135 Å². The summed E-state index contributed by atoms with van der Waals surface area (Å²) in [6.45, 7) is 1.55. The molecule has 0 saturated carbocycles. The van der Waals surface area contributed by atoms with Crippen LogP contribution in [0.3, 0.4) is 0 Å². The molecule has 128 valence electrons. The lowest BCUT2D eigenvalue weighted by Crippen LogP contribution is -2.70. The summed E-state index contributed by atoms with van der Waals surface area (Å²) in [5.74, 6) is -4.17. The molecule has 2 rings (SSSR count). The first kappa shape index (κ1) is 17.9. The second kappa shape index (κ2) is 6.24. The largest absolute Gasteiger partial charge is 0.609 e. The van der Waals surface area contributed by atoms with E-state index in [1.54, 1.807) is 6.92 Å². The summed E-state index contributed by atoms with van der Waals surface area (Å²) in [7, 11) is 0. The summed E-state index contributed by atoms with van der Waals surface area (Å²) in [5, 5.41) is 10.5. The predicted octanol–water partition coefficient (Wildman–Crippen LogP) is 0.0134. The number of halogens is 3. The Morgan fingerprint density at radius 3 is 2.65 bits per heavy atom. The average molecular weight is 372 g/mol. The molecular weight excluding hydrogens is 361 g/mol. The molecule has 3 atom stereocenters. The number of amides is 2.